The van der Waals surface area contributed by atoms with Crippen molar-refractivity contribution >= 4 is 5.91 Å². The summed E-state index contributed by atoms with van der Waals surface area (Å²) in [5.74, 6) is 0.420. The average molecular weight is 299 g/mol. The SMILES string of the molecule is Cc1ccc(C)n1-c1c(C(=O)N(C)CC(C)C#N)cnn1C. The molecule has 0 N–H and O–H groups in total. The first kappa shape index (κ1) is 15.8. The second-order valence-electron chi connectivity index (χ2n) is 5.67. The molecule has 2 heterocycles. The Morgan fingerprint density at radius 1 is 1.41 bits per heavy atom. The predicted molar refractivity (Wildman–Crippen MR) is 83.7 cm³/mol. The van der Waals surface area contributed by atoms with E-state index in [2.05, 4.69) is 11.2 Å². The molecule has 116 valence electrons. The van der Waals surface area contributed by atoms with Crippen LogP contribution >= 0.6 is 0 Å². The fourth-order valence-electron chi connectivity index (χ4n) is 2.59. The maximum Gasteiger partial charge on any atom is 0.259 e. The fourth-order valence-corrected chi connectivity index (χ4v) is 2.59. The van der Waals surface area contributed by atoms with E-state index in [1.54, 1.807) is 29.7 Å². The van der Waals surface area contributed by atoms with Gasteiger partial charge in [0.05, 0.1) is 18.2 Å². The Hall–Kier alpha value is -2.55. The number of rotatable bonds is 4. The first-order chi connectivity index (χ1) is 10.4. The van der Waals surface area contributed by atoms with Crippen LogP contribution in [0.15, 0.2) is 18.3 Å². The Morgan fingerprint density at radius 3 is 2.55 bits per heavy atom. The van der Waals surface area contributed by atoms with Gasteiger partial charge < -0.3 is 9.47 Å². The number of aromatic nitrogens is 3. The van der Waals surface area contributed by atoms with Crippen LogP contribution in [0.25, 0.3) is 5.82 Å². The lowest BCUT2D eigenvalue weighted by Crippen LogP contribution is -2.31. The Bertz CT molecular complexity index is 715. The number of hydrogen-bond donors (Lipinski definition) is 0. The lowest BCUT2D eigenvalue weighted by molar-refractivity contribution is 0.0785. The zero-order valence-electron chi connectivity index (χ0n) is 13.7. The zero-order chi connectivity index (χ0) is 16.4. The van der Waals surface area contributed by atoms with Crippen molar-refractivity contribution < 1.29 is 4.79 Å². The maximum absolute atomic E-state index is 12.7. The molecule has 0 aliphatic rings. The van der Waals surface area contributed by atoms with Gasteiger partial charge in [0.2, 0.25) is 0 Å². The quantitative estimate of drug-likeness (QED) is 0.868. The van der Waals surface area contributed by atoms with Gasteiger partial charge in [0.15, 0.2) is 0 Å². The highest BCUT2D eigenvalue weighted by Gasteiger charge is 2.23. The second kappa shape index (κ2) is 6.06. The van der Waals surface area contributed by atoms with E-state index in [1.165, 1.54) is 0 Å². The standard InChI is InChI=1S/C16H21N5O/c1-11(8-17)10-19(4)16(22)14-9-18-20(5)15(14)21-12(2)6-7-13(21)3/h6-7,9,11H,10H2,1-5H3. The highest BCUT2D eigenvalue weighted by molar-refractivity contribution is 5.97. The van der Waals surface area contributed by atoms with Gasteiger partial charge in [-0.05, 0) is 32.9 Å². The van der Waals surface area contributed by atoms with Gasteiger partial charge >= 0.3 is 0 Å². The third kappa shape index (κ3) is 2.75. The molecule has 2 aromatic heterocycles. The lowest BCUT2D eigenvalue weighted by Gasteiger charge is -2.19. The van der Waals surface area contributed by atoms with E-state index in [-0.39, 0.29) is 11.8 Å². The molecule has 1 atom stereocenters. The minimum atomic E-state index is -0.205. The summed E-state index contributed by atoms with van der Waals surface area (Å²) >= 11 is 0. The molecule has 0 radical (unpaired) electrons. The van der Waals surface area contributed by atoms with Crippen LogP contribution in [0.5, 0.6) is 0 Å². The molecule has 2 rings (SSSR count). The van der Waals surface area contributed by atoms with E-state index < -0.39 is 0 Å². The van der Waals surface area contributed by atoms with Crippen molar-refractivity contribution in [1.82, 2.24) is 19.2 Å². The van der Waals surface area contributed by atoms with Gasteiger partial charge in [0, 0.05) is 32.0 Å². The summed E-state index contributed by atoms with van der Waals surface area (Å²) in [6.07, 6.45) is 1.59. The van der Waals surface area contributed by atoms with Crippen molar-refractivity contribution in [3.63, 3.8) is 0 Å². The van der Waals surface area contributed by atoms with Gasteiger partial charge in [-0.1, -0.05) is 0 Å². The molecule has 6 nitrogen and oxygen atoms in total. The molecule has 0 saturated carbocycles. The van der Waals surface area contributed by atoms with Gasteiger partial charge in [-0.2, -0.15) is 10.4 Å². The molecule has 0 saturated heterocycles. The Balaban J connectivity index is 2.43. The topological polar surface area (TPSA) is 66.8 Å². The highest BCUT2D eigenvalue weighted by atomic mass is 16.2. The normalized spacial score (nSPS) is 12.0. The minimum Gasteiger partial charge on any atom is -0.340 e. The number of carbonyl (C=O) groups excluding carboxylic acids is 1. The van der Waals surface area contributed by atoms with Crippen LogP contribution < -0.4 is 0 Å². The number of amides is 1. The van der Waals surface area contributed by atoms with Crippen LogP contribution in [0.4, 0.5) is 0 Å². The highest BCUT2D eigenvalue weighted by Crippen LogP contribution is 2.21. The predicted octanol–water partition coefficient (Wildman–Crippen LogP) is 2.06. The smallest absolute Gasteiger partial charge is 0.259 e. The molecule has 2 aromatic rings. The van der Waals surface area contributed by atoms with Gasteiger partial charge in [-0.3, -0.25) is 9.48 Å². The van der Waals surface area contributed by atoms with E-state index in [1.807, 2.05) is 37.6 Å². The molecular formula is C16H21N5O. The van der Waals surface area contributed by atoms with Gasteiger partial charge in [0.1, 0.15) is 11.4 Å². The lowest BCUT2D eigenvalue weighted by atomic mass is 10.2. The Morgan fingerprint density at radius 2 is 2.00 bits per heavy atom. The maximum atomic E-state index is 12.7. The second-order valence-corrected chi connectivity index (χ2v) is 5.67. The zero-order valence-corrected chi connectivity index (χ0v) is 13.7. The summed E-state index contributed by atoms with van der Waals surface area (Å²) in [4.78, 5) is 14.3. The number of nitriles is 1. The Kier molecular flexibility index (Phi) is 4.36. The Labute approximate surface area is 130 Å². The largest absolute Gasteiger partial charge is 0.340 e. The molecule has 1 unspecified atom stereocenters. The molecule has 0 aliphatic heterocycles. The first-order valence-electron chi connectivity index (χ1n) is 7.19. The monoisotopic (exact) mass is 299 g/mol. The molecule has 0 aromatic carbocycles. The molecule has 0 spiro atoms. The van der Waals surface area contributed by atoms with Crippen LogP contribution in [0.2, 0.25) is 0 Å². The van der Waals surface area contributed by atoms with Crippen LogP contribution in [-0.2, 0) is 7.05 Å². The van der Waals surface area contributed by atoms with E-state index in [9.17, 15) is 4.79 Å². The van der Waals surface area contributed by atoms with Crippen molar-refractivity contribution in [2.45, 2.75) is 20.8 Å². The molecule has 0 bridgehead atoms. The van der Waals surface area contributed by atoms with E-state index >= 15 is 0 Å². The summed E-state index contributed by atoms with van der Waals surface area (Å²) in [6, 6.07) is 6.17. The molecule has 22 heavy (non-hydrogen) atoms. The molecular weight excluding hydrogens is 278 g/mol. The number of aryl methyl sites for hydroxylation is 3. The summed E-state index contributed by atoms with van der Waals surface area (Å²) in [6.45, 7) is 6.19. The van der Waals surface area contributed by atoms with Crippen molar-refractivity contribution in [3.05, 3.63) is 35.3 Å². The van der Waals surface area contributed by atoms with Crippen LogP contribution in [-0.4, -0.2) is 38.7 Å². The number of hydrogen-bond acceptors (Lipinski definition) is 3. The van der Waals surface area contributed by atoms with Gasteiger partial charge in [-0.25, -0.2) is 0 Å². The third-order valence-electron chi connectivity index (χ3n) is 3.74. The first-order valence-corrected chi connectivity index (χ1v) is 7.19. The van der Waals surface area contributed by atoms with Gasteiger partial charge in [0.25, 0.3) is 5.91 Å². The van der Waals surface area contributed by atoms with Crippen LogP contribution in [0, 0.1) is 31.1 Å². The van der Waals surface area contributed by atoms with Crippen LogP contribution in [0.1, 0.15) is 28.7 Å². The molecule has 1 amide bonds. The summed E-state index contributed by atoms with van der Waals surface area (Å²) in [5, 5.41) is 13.2. The van der Waals surface area contributed by atoms with Crippen molar-refractivity contribution in [1.29, 1.82) is 5.26 Å². The number of carbonyl (C=O) groups is 1. The average Bonchev–Trinajstić information content (AvgIpc) is 3.00. The van der Waals surface area contributed by atoms with Gasteiger partial charge in [-0.15, -0.1) is 0 Å². The van der Waals surface area contributed by atoms with Crippen molar-refractivity contribution in [2.75, 3.05) is 13.6 Å². The van der Waals surface area contributed by atoms with Crippen molar-refractivity contribution in [2.24, 2.45) is 13.0 Å². The molecule has 0 aliphatic carbocycles. The number of nitrogens with zero attached hydrogens (tertiary/aromatic N) is 5. The summed E-state index contributed by atoms with van der Waals surface area (Å²) < 4.78 is 3.72. The van der Waals surface area contributed by atoms with Crippen LogP contribution in [0.3, 0.4) is 0 Å². The summed E-state index contributed by atoms with van der Waals surface area (Å²) in [5.41, 5.74) is 2.63. The van der Waals surface area contributed by atoms with E-state index in [0.717, 1.165) is 17.2 Å². The minimum absolute atomic E-state index is 0.127. The van der Waals surface area contributed by atoms with E-state index in [0.29, 0.717) is 12.1 Å². The molecule has 0 fully saturated rings. The summed E-state index contributed by atoms with van der Waals surface area (Å²) in [7, 11) is 3.53. The fraction of sp³-hybridized carbons (Fsp3) is 0.438. The third-order valence-corrected chi connectivity index (χ3v) is 3.74. The van der Waals surface area contributed by atoms with E-state index in [4.69, 9.17) is 5.26 Å². The molecule has 6 heteroatoms. The van der Waals surface area contributed by atoms with Crippen molar-refractivity contribution in [3.8, 4) is 11.9 Å².